The third-order valence-electron chi connectivity index (χ3n) is 1.77. The molecule has 0 aromatic carbocycles. The number of hydrogen-bond donors (Lipinski definition) is 2. The Morgan fingerprint density at radius 1 is 1.35 bits per heavy atom. The molecule has 0 saturated heterocycles. The molecule has 0 rings (SSSR count). The van der Waals surface area contributed by atoms with Crippen LogP contribution >= 0.6 is 0 Å². The van der Waals surface area contributed by atoms with Crippen LogP contribution in [-0.4, -0.2) is 26.4 Å². The minimum absolute atomic E-state index is 0.0869. The number of nitrogens with one attached hydrogen (secondary N) is 2. The number of amides is 1. The van der Waals surface area contributed by atoms with Crippen molar-refractivity contribution >= 4 is 15.9 Å². The molecule has 0 aliphatic heterocycles. The standard InChI is InChI=1S/C11H20N2O3S/c1-5-17(15,16)13-10(4)7-6-8-11(14)12-9(2)3/h5-6,8-10,13H,1,7H2,2-4H3,(H,12,14)/b8-6+. The molecule has 0 radical (unpaired) electrons. The van der Waals surface area contributed by atoms with E-state index in [1.54, 1.807) is 13.0 Å². The van der Waals surface area contributed by atoms with E-state index in [1.807, 2.05) is 13.8 Å². The Bertz CT molecular complexity index is 386. The van der Waals surface area contributed by atoms with Gasteiger partial charge in [0, 0.05) is 17.5 Å². The Hall–Kier alpha value is -1.14. The Kier molecular flexibility index (Phi) is 6.75. The van der Waals surface area contributed by atoms with E-state index >= 15 is 0 Å². The molecule has 0 aliphatic carbocycles. The van der Waals surface area contributed by atoms with Crippen LogP contribution in [0.1, 0.15) is 27.2 Å². The van der Waals surface area contributed by atoms with Gasteiger partial charge in [0.25, 0.3) is 0 Å². The maximum Gasteiger partial charge on any atom is 0.243 e. The molecule has 0 heterocycles. The number of carbonyl (C=O) groups excluding carboxylic acids is 1. The van der Waals surface area contributed by atoms with Crippen LogP contribution in [0.5, 0.6) is 0 Å². The molecule has 0 aromatic rings. The molecule has 5 nitrogen and oxygen atoms in total. The van der Waals surface area contributed by atoms with Crippen LogP contribution in [0.3, 0.4) is 0 Å². The molecule has 0 aliphatic rings. The minimum atomic E-state index is -3.41. The van der Waals surface area contributed by atoms with Crippen molar-refractivity contribution in [2.45, 2.75) is 39.3 Å². The summed E-state index contributed by atoms with van der Waals surface area (Å²) in [7, 11) is -3.41. The van der Waals surface area contributed by atoms with Gasteiger partial charge in [-0.25, -0.2) is 13.1 Å². The molecule has 0 fully saturated rings. The van der Waals surface area contributed by atoms with Crippen molar-refractivity contribution in [1.82, 2.24) is 10.0 Å². The highest BCUT2D eigenvalue weighted by molar-refractivity contribution is 7.92. The maximum atomic E-state index is 11.2. The number of carbonyl (C=O) groups is 1. The lowest BCUT2D eigenvalue weighted by Gasteiger charge is -2.09. The lowest BCUT2D eigenvalue weighted by Crippen LogP contribution is -2.31. The van der Waals surface area contributed by atoms with Gasteiger partial charge in [0.15, 0.2) is 0 Å². The molecule has 0 bridgehead atoms. The highest BCUT2D eigenvalue weighted by atomic mass is 32.2. The first-order chi connectivity index (χ1) is 7.76. The molecule has 0 saturated carbocycles. The van der Waals surface area contributed by atoms with Crippen LogP contribution in [0.4, 0.5) is 0 Å². The SMILES string of the molecule is C=CS(=O)(=O)NC(C)C/C=C/C(=O)NC(C)C. The van der Waals surface area contributed by atoms with Gasteiger partial charge in [-0.05, 0) is 33.3 Å². The molecule has 1 amide bonds. The third-order valence-corrected chi connectivity index (χ3v) is 2.94. The number of sulfonamides is 1. The summed E-state index contributed by atoms with van der Waals surface area (Å²) in [5.74, 6) is -0.182. The zero-order valence-electron chi connectivity index (χ0n) is 10.4. The van der Waals surface area contributed by atoms with Crippen molar-refractivity contribution in [1.29, 1.82) is 0 Å². The summed E-state index contributed by atoms with van der Waals surface area (Å²) < 4.78 is 24.6. The fourth-order valence-electron chi connectivity index (χ4n) is 1.09. The highest BCUT2D eigenvalue weighted by Crippen LogP contribution is 1.96. The van der Waals surface area contributed by atoms with Crippen molar-refractivity contribution in [3.63, 3.8) is 0 Å². The van der Waals surface area contributed by atoms with Crippen molar-refractivity contribution < 1.29 is 13.2 Å². The lowest BCUT2D eigenvalue weighted by atomic mass is 10.2. The summed E-state index contributed by atoms with van der Waals surface area (Å²) in [5.41, 5.74) is 0. The van der Waals surface area contributed by atoms with Crippen molar-refractivity contribution in [2.24, 2.45) is 0 Å². The summed E-state index contributed by atoms with van der Waals surface area (Å²) in [6.07, 6.45) is 3.48. The van der Waals surface area contributed by atoms with Crippen LogP contribution in [0.25, 0.3) is 0 Å². The Balaban J connectivity index is 4.08. The predicted octanol–water partition coefficient (Wildman–Crippen LogP) is 0.909. The van der Waals surface area contributed by atoms with E-state index < -0.39 is 10.0 Å². The normalized spacial score (nSPS) is 13.9. The third kappa shape index (κ3) is 8.65. The van der Waals surface area contributed by atoms with Crippen molar-refractivity contribution in [2.75, 3.05) is 0 Å². The van der Waals surface area contributed by atoms with Gasteiger partial charge in [-0.15, -0.1) is 0 Å². The average molecular weight is 260 g/mol. The lowest BCUT2D eigenvalue weighted by molar-refractivity contribution is -0.116. The van der Waals surface area contributed by atoms with Crippen LogP contribution in [0.15, 0.2) is 24.1 Å². The van der Waals surface area contributed by atoms with E-state index in [4.69, 9.17) is 0 Å². The van der Waals surface area contributed by atoms with Gasteiger partial charge in [0.2, 0.25) is 15.9 Å². The second kappa shape index (κ2) is 7.24. The molecule has 17 heavy (non-hydrogen) atoms. The van der Waals surface area contributed by atoms with Crippen LogP contribution in [0.2, 0.25) is 0 Å². The first-order valence-corrected chi connectivity index (χ1v) is 6.93. The summed E-state index contributed by atoms with van der Waals surface area (Å²) in [5, 5.41) is 3.56. The second-order valence-electron chi connectivity index (χ2n) is 4.03. The fourth-order valence-corrected chi connectivity index (χ4v) is 1.84. The topological polar surface area (TPSA) is 75.3 Å². The van der Waals surface area contributed by atoms with Gasteiger partial charge in [0.05, 0.1) is 0 Å². The van der Waals surface area contributed by atoms with Crippen LogP contribution in [0, 0.1) is 0 Å². The van der Waals surface area contributed by atoms with Gasteiger partial charge < -0.3 is 5.32 Å². The molecule has 1 unspecified atom stereocenters. The zero-order chi connectivity index (χ0) is 13.5. The minimum Gasteiger partial charge on any atom is -0.350 e. The van der Waals surface area contributed by atoms with Gasteiger partial charge >= 0.3 is 0 Å². The summed E-state index contributed by atoms with van der Waals surface area (Å²) in [4.78, 5) is 11.2. The summed E-state index contributed by atoms with van der Waals surface area (Å²) >= 11 is 0. The summed E-state index contributed by atoms with van der Waals surface area (Å²) in [6, 6.07) is -0.190. The Morgan fingerprint density at radius 3 is 2.41 bits per heavy atom. The van der Waals surface area contributed by atoms with E-state index in [9.17, 15) is 13.2 Å². The largest absolute Gasteiger partial charge is 0.350 e. The molecule has 6 heteroatoms. The van der Waals surface area contributed by atoms with E-state index in [2.05, 4.69) is 16.6 Å². The number of rotatable bonds is 7. The maximum absolute atomic E-state index is 11.2. The molecule has 1 atom stereocenters. The van der Waals surface area contributed by atoms with E-state index in [-0.39, 0.29) is 18.0 Å². The molecule has 0 aromatic heterocycles. The molecular weight excluding hydrogens is 240 g/mol. The Labute approximate surface area is 103 Å². The van der Waals surface area contributed by atoms with Gasteiger partial charge in [0.1, 0.15) is 0 Å². The van der Waals surface area contributed by atoms with E-state index in [0.29, 0.717) is 6.42 Å². The number of hydrogen-bond acceptors (Lipinski definition) is 3. The predicted molar refractivity (Wildman–Crippen MR) is 68.8 cm³/mol. The highest BCUT2D eigenvalue weighted by Gasteiger charge is 2.08. The smallest absolute Gasteiger partial charge is 0.243 e. The fraction of sp³-hybridized carbons (Fsp3) is 0.545. The first-order valence-electron chi connectivity index (χ1n) is 5.38. The van der Waals surface area contributed by atoms with Crippen molar-refractivity contribution in [3.05, 3.63) is 24.1 Å². The van der Waals surface area contributed by atoms with Gasteiger partial charge in [-0.3, -0.25) is 4.79 Å². The molecule has 0 spiro atoms. The van der Waals surface area contributed by atoms with Crippen molar-refractivity contribution in [3.8, 4) is 0 Å². The van der Waals surface area contributed by atoms with E-state index in [0.717, 1.165) is 5.41 Å². The molecule has 98 valence electrons. The molecule has 2 N–H and O–H groups in total. The summed E-state index contributed by atoms with van der Waals surface area (Å²) in [6.45, 7) is 8.64. The first kappa shape index (κ1) is 15.9. The quantitative estimate of drug-likeness (QED) is 0.668. The second-order valence-corrected chi connectivity index (χ2v) is 5.69. The Morgan fingerprint density at radius 2 is 1.94 bits per heavy atom. The molecular formula is C11H20N2O3S. The van der Waals surface area contributed by atoms with Gasteiger partial charge in [-0.1, -0.05) is 12.7 Å². The average Bonchev–Trinajstić information content (AvgIpc) is 2.15. The van der Waals surface area contributed by atoms with Gasteiger partial charge in [-0.2, -0.15) is 0 Å². The zero-order valence-corrected chi connectivity index (χ0v) is 11.3. The monoisotopic (exact) mass is 260 g/mol. The van der Waals surface area contributed by atoms with E-state index in [1.165, 1.54) is 6.08 Å². The van der Waals surface area contributed by atoms with Crippen LogP contribution < -0.4 is 10.0 Å². The van der Waals surface area contributed by atoms with Crippen LogP contribution in [-0.2, 0) is 14.8 Å².